The summed E-state index contributed by atoms with van der Waals surface area (Å²) in [5.41, 5.74) is 2.19. The molecule has 3 rings (SSSR count). The van der Waals surface area contributed by atoms with E-state index in [2.05, 4.69) is 10.4 Å². The Labute approximate surface area is 140 Å². The highest BCUT2D eigenvalue weighted by Crippen LogP contribution is 2.18. The Morgan fingerprint density at radius 2 is 2.08 bits per heavy atom. The van der Waals surface area contributed by atoms with E-state index in [1.807, 2.05) is 30.3 Å². The molecular weight excluding hydrogens is 308 g/mol. The summed E-state index contributed by atoms with van der Waals surface area (Å²) in [5.74, 6) is -0.257. The lowest BCUT2D eigenvalue weighted by Crippen LogP contribution is -2.48. The van der Waals surface area contributed by atoms with Gasteiger partial charge in [-0.2, -0.15) is 5.10 Å². The molecule has 1 fully saturated rings. The number of ether oxygens (including phenoxy) is 1. The molecule has 0 spiro atoms. The monoisotopic (exact) mass is 328 g/mol. The van der Waals surface area contributed by atoms with Crippen LogP contribution < -0.4 is 5.32 Å². The van der Waals surface area contributed by atoms with Gasteiger partial charge in [-0.05, 0) is 6.07 Å². The van der Waals surface area contributed by atoms with Crippen molar-refractivity contribution in [2.24, 2.45) is 7.05 Å². The first-order chi connectivity index (χ1) is 11.5. The maximum Gasteiger partial charge on any atom is 0.269 e. The van der Waals surface area contributed by atoms with Crippen molar-refractivity contribution in [3.63, 3.8) is 0 Å². The molecule has 1 saturated heterocycles. The van der Waals surface area contributed by atoms with Gasteiger partial charge in [0.25, 0.3) is 5.91 Å². The fraction of sp³-hybridized carbons (Fsp3) is 0.353. The van der Waals surface area contributed by atoms with E-state index in [1.165, 1.54) is 0 Å². The number of hydrogen-bond acceptors (Lipinski definition) is 4. The quantitative estimate of drug-likeness (QED) is 0.895. The van der Waals surface area contributed by atoms with E-state index in [9.17, 15) is 9.59 Å². The highest BCUT2D eigenvalue weighted by molar-refractivity contribution is 5.93. The number of morpholine rings is 1. The van der Waals surface area contributed by atoms with Crippen LogP contribution in [0.1, 0.15) is 10.5 Å². The molecule has 2 heterocycles. The molecule has 1 aliphatic rings. The van der Waals surface area contributed by atoms with Crippen molar-refractivity contribution in [1.82, 2.24) is 20.0 Å². The zero-order valence-corrected chi connectivity index (χ0v) is 13.7. The molecule has 1 aromatic carbocycles. The van der Waals surface area contributed by atoms with E-state index in [0.717, 1.165) is 11.3 Å². The molecule has 1 N–H and O–H groups in total. The normalized spacial score (nSPS) is 17.8. The van der Waals surface area contributed by atoms with Gasteiger partial charge in [0.05, 0.1) is 11.8 Å². The SMILES string of the molecule is CN1C[C@H](CNC(=O)c2cc(-c3ccccc3)nn2C)OCC1=O. The average molecular weight is 328 g/mol. The number of benzene rings is 1. The van der Waals surface area contributed by atoms with Crippen LogP contribution in [0.3, 0.4) is 0 Å². The van der Waals surface area contributed by atoms with Gasteiger partial charge in [0.15, 0.2) is 0 Å². The predicted molar refractivity (Wildman–Crippen MR) is 88.4 cm³/mol. The summed E-state index contributed by atoms with van der Waals surface area (Å²) >= 11 is 0. The molecule has 126 valence electrons. The zero-order chi connectivity index (χ0) is 17.1. The van der Waals surface area contributed by atoms with Crippen LogP contribution in [0.25, 0.3) is 11.3 Å². The Bertz CT molecular complexity index is 742. The minimum atomic E-state index is -0.213. The van der Waals surface area contributed by atoms with Gasteiger partial charge in [-0.3, -0.25) is 14.3 Å². The van der Waals surface area contributed by atoms with Crippen molar-refractivity contribution in [2.45, 2.75) is 6.10 Å². The van der Waals surface area contributed by atoms with Crippen LogP contribution in [-0.2, 0) is 16.6 Å². The Hall–Kier alpha value is -2.67. The molecule has 0 unspecified atom stereocenters. The molecule has 24 heavy (non-hydrogen) atoms. The number of carbonyl (C=O) groups excluding carboxylic acids is 2. The summed E-state index contributed by atoms with van der Waals surface area (Å²) in [7, 11) is 3.47. The molecule has 7 heteroatoms. The minimum absolute atomic E-state index is 0.0447. The van der Waals surface area contributed by atoms with Crippen molar-refractivity contribution < 1.29 is 14.3 Å². The van der Waals surface area contributed by atoms with Crippen LogP contribution in [0.2, 0.25) is 0 Å². The van der Waals surface area contributed by atoms with Gasteiger partial charge in [-0.25, -0.2) is 0 Å². The van der Waals surface area contributed by atoms with Gasteiger partial charge >= 0.3 is 0 Å². The maximum atomic E-state index is 12.4. The number of carbonyl (C=O) groups is 2. The fourth-order valence-corrected chi connectivity index (χ4v) is 2.61. The molecule has 0 bridgehead atoms. The largest absolute Gasteiger partial charge is 0.365 e. The third-order valence-corrected chi connectivity index (χ3v) is 4.02. The van der Waals surface area contributed by atoms with Crippen molar-refractivity contribution in [3.05, 3.63) is 42.1 Å². The minimum Gasteiger partial charge on any atom is -0.365 e. The number of nitrogens with zero attached hydrogens (tertiary/aromatic N) is 3. The smallest absolute Gasteiger partial charge is 0.269 e. The number of aryl methyl sites for hydroxylation is 1. The summed E-state index contributed by atoms with van der Waals surface area (Å²) in [6.07, 6.45) is -0.196. The van der Waals surface area contributed by atoms with E-state index >= 15 is 0 Å². The molecule has 1 atom stereocenters. The lowest BCUT2D eigenvalue weighted by molar-refractivity contribution is -0.146. The van der Waals surface area contributed by atoms with Crippen molar-refractivity contribution >= 4 is 11.8 Å². The molecule has 7 nitrogen and oxygen atoms in total. The summed E-state index contributed by atoms with van der Waals surface area (Å²) in [5, 5.41) is 7.24. The Morgan fingerprint density at radius 3 is 2.79 bits per heavy atom. The number of rotatable bonds is 4. The Morgan fingerprint density at radius 1 is 1.33 bits per heavy atom. The van der Waals surface area contributed by atoms with Gasteiger partial charge < -0.3 is 15.0 Å². The summed E-state index contributed by atoms with van der Waals surface area (Å²) in [4.78, 5) is 25.4. The number of amides is 2. The number of likely N-dealkylation sites (N-methyl/N-ethyl adjacent to an activating group) is 1. The van der Waals surface area contributed by atoms with Gasteiger partial charge in [0.2, 0.25) is 5.91 Å². The standard InChI is InChI=1S/C17H20N4O3/c1-20-10-13(24-11-16(20)22)9-18-17(23)15-8-14(19-21(15)2)12-6-4-3-5-7-12/h3-8,13H,9-11H2,1-2H3,(H,18,23)/t13-/m0/s1. The number of nitrogens with one attached hydrogen (secondary N) is 1. The summed E-state index contributed by atoms with van der Waals surface area (Å²) in [6.45, 7) is 0.878. The van der Waals surface area contributed by atoms with Gasteiger partial charge in [-0.15, -0.1) is 0 Å². The topological polar surface area (TPSA) is 76.5 Å². The molecule has 2 aromatic rings. The summed E-state index contributed by atoms with van der Waals surface area (Å²) < 4.78 is 6.99. The van der Waals surface area contributed by atoms with Gasteiger partial charge in [0.1, 0.15) is 12.3 Å². The third-order valence-electron chi connectivity index (χ3n) is 4.02. The Balaban J connectivity index is 1.63. The van der Waals surface area contributed by atoms with Crippen molar-refractivity contribution in [1.29, 1.82) is 0 Å². The first kappa shape index (κ1) is 16.2. The number of hydrogen-bond donors (Lipinski definition) is 1. The van der Waals surface area contributed by atoms with Crippen LogP contribution in [0.4, 0.5) is 0 Å². The molecule has 0 aliphatic carbocycles. The highest BCUT2D eigenvalue weighted by Gasteiger charge is 2.24. The highest BCUT2D eigenvalue weighted by atomic mass is 16.5. The lowest BCUT2D eigenvalue weighted by Gasteiger charge is -2.29. The zero-order valence-electron chi connectivity index (χ0n) is 13.7. The molecular formula is C17H20N4O3. The third kappa shape index (κ3) is 3.46. The lowest BCUT2D eigenvalue weighted by atomic mass is 10.1. The Kier molecular flexibility index (Phi) is 4.61. The van der Waals surface area contributed by atoms with Crippen LogP contribution in [-0.4, -0.2) is 59.3 Å². The second-order valence-electron chi connectivity index (χ2n) is 5.82. The fourth-order valence-electron chi connectivity index (χ4n) is 2.61. The van der Waals surface area contributed by atoms with Crippen LogP contribution in [0.5, 0.6) is 0 Å². The second kappa shape index (κ2) is 6.84. The summed E-state index contributed by atoms with van der Waals surface area (Å²) in [6, 6.07) is 11.5. The second-order valence-corrected chi connectivity index (χ2v) is 5.82. The van der Waals surface area contributed by atoms with E-state index < -0.39 is 0 Å². The van der Waals surface area contributed by atoms with Crippen molar-refractivity contribution in [2.75, 3.05) is 26.7 Å². The van der Waals surface area contributed by atoms with Crippen LogP contribution >= 0.6 is 0 Å². The molecule has 1 aromatic heterocycles. The van der Waals surface area contributed by atoms with Gasteiger partial charge in [-0.1, -0.05) is 30.3 Å². The average Bonchev–Trinajstić information content (AvgIpc) is 2.98. The molecule has 2 amide bonds. The van der Waals surface area contributed by atoms with E-state index in [4.69, 9.17) is 4.74 Å². The molecule has 0 radical (unpaired) electrons. The molecule has 0 saturated carbocycles. The van der Waals surface area contributed by atoms with E-state index in [1.54, 1.807) is 29.7 Å². The van der Waals surface area contributed by atoms with Gasteiger partial charge in [0, 0.05) is 32.7 Å². The van der Waals surface area contributed by atoms with Crippen molar-refractivity contribution in [3.8, 4) is 11.3 Å². The first-order valence-electron chi connectivity index (χ1n) is 7.78. The maximum absolute atomic E-state index is 12.4. The van der Waals surface area contributed by atoms with Crippen LogP contribution in [0, 0.1) is 0 Å². The van der Waals surface area contributed by atoms with Crippen LogP contribution in [0.15, 0.2) is 36.4 Å². The van der Waals surface area contributed by atoms with E-state index in [-0.39, 0.29) is 24.5 Å². The predicted octanol–water partition coefficient (Wildman–Crippen LogP) is 0.674. The first-order valence-corrected chi connectivity index (χ1v) is 7.78. The van der Waals surface area contributed by atoms with E-state index in [0.29, 0.717) is 18.8 Å². The molecule has 1 aliphatic heterocycles. The number of aromatic nitrogens is 2.